The molecule has 2 amide bonds. The van der Waals surface area contributed by atoms with E-state index in [-0.39, 0.29) is 18.4 Å². The molecule has 1 N–H and O–H groups in total. The average molecular weight is 431 g/mol. The van der Waals surface area contributed by atoms with Gasteiger partial charge in [-0.3, -0.25) is 9.59 Å². The molecule has 0 aliphatic rings. The zero-order valence-corrected chi connectivity index (χ0v) is 17.5. The van der Waals surface area contributed by atoms with Crippen molar-refractivity contribution in [3.05, 3.63) is 63.6 Å². The second-order valence-corrected chi connectivity index (χ2v) is 7.14. The third kappa shape index (κ3) is 5.69. The first-order valence-electron chi connectivity index (χ1n) is 8.44. The van der Waals surface area contributed by atoms with Gasteiger partial charge in [-0.1, -0.05) is 34.1 Å². The number of carbonyl (C=O) groups excluding carboxylic acids is 2. The van der Waals surface area contributed by atoms with E-state index in [1.54, 1.807) is 20.2 Å². The third-order valence-electron chi connectivity index (χ3n) is 4.10. The fourth-order valence-electron chi connectivity index (χ4n) is 2.61. The van der Waals surface area contributed by atoms with Crippen molar-refractivity contribution < 1.29 is 14.3 Å². The second kappa shape index (κ2) is 9.37. The van der Waals surface area contributed by atoms with Crippen molar-refractivity contribution in [3.8, 4) is 5.75 Å². The van der Waals surface area contributed by atoms with Crippen LogP contribution in [0.15, 0.2) is 46.9 Å². The average Bonchev–Trinajstić information content (AvgIpc) is 2.63. The van der Waals surface area contributed by atoms with Gasteiger partial charge in [-0.2, -0.15) is 0 Å². The topological polar surface area (TPSA) is 58.6 Å². The number of aryl methyl sites for hydroxylation is 2. The van der Waals surface area contributed by atoms with E-state index >= 15 is 0 Å². The number of likely N-dealkylation sites (N-methyl/N-ethyl adjacent to an activating group) is 1. The monoisotopic (exact) mass is 430 g/mol. The summed E-state index contributed by atoms with van der Waals surface area (Å²) in [6.45, 7) is 3.84. The van der Waals surface area contributed by atoms with Crippen LogP contribution in [0.5, 0.6) is 5.75 Å². The molecule has 0 atom stereocenters. The Labute approximate surface area is 168 Å². The number of carbonyl (C=O) groups is 2. The predicted octanol–water partition coefficient (Wildman–Crippen LogP) is 4.18. The number of benzene rings is 2. The molecule has 0 radical (unpaired) electrons. The largest absolute Gasteiger partial charge is 0.496 e. The van der Waals surface area contributed by atoms with Crippen molar-refractivity contribution in [2.45, 2.75) is 13.8 Å². The maximum absolute atomic E-state index is 12.3. The van der Waals surface area contributed by atoms with Gasteiger partial charge < -0.3 is 15.0 Å². The summed E-state index contributed by atoms with van der Waals surface area (Å²) in [5.74, 6) is 0.156. The molecule has 0 bridgehead atoms. The number of ether oxygens (including phenoxy) is 1. The van der Waals surface area contributed by atoms with Crippen LogP contribution in [0.2, 0.25) is 0 Å². The van der Waals surface area contributed by atoms with Gasteiger partial charge in [-0.15, -0.1) is 0 Å². The van der Waals surface area contributed by atoms with Crippen LogP contribution in [-0.2, 0) is 9.59 Å². The first-order chi connectivity index (χ1) is 12.8. The molecule has 0 spiro atoms. The molecule has 5 nitrogen and oxygen atoms in total. The fraction of sp³-hybridized carbons (Fsp3) is 0.238. The molecule has 6 heteroatoms. The maximum atomic E-state index is 12.3. The molecule has 0 heterocycles. The summed E-state index contributed by atoms with van der Waals surface area (Å²) in [5, 5.41) is 2.88. The van der Waals surface area contributed by atoms with Crippen molar-refractivity contribution >= 4 is 39.5 Å². The van der Waals surface area contributed by atoms with Gasteiger partial charge in [-0.25, -0.2) is 0 Å². The van der Waals surface area contributed by atoms with Crippen molar-refractivity contribution in [1.29, 1.82) is 0 Å². The number of nitrogens with one attached hydrogen (secondary N) is 1. The Morgan fingerprint density at radius 1 is 1.19 bits per heavy atom. The summed E-state index contributed by atoms with van der Waals surface area (Å²) in [6.07, 6.45) is 3.10. The van der Waals surface area contributed by atoms with Crippen molar-refractivity contribution in [3.63, 3.8) is 0 Å². The van der Waals surface area contributed by atoms with Gasteiger partial charge in [0.2, 0.25) is 11.8 Å². The van der Waals surface area contributed by atoms with Gasteiger partial charge in [0.05, 0.1) is 13.7 Å². The number of methoxy groups -OCH3 is 1. The molecule has 0 aliphatic heterocycles. The molecule has 2 rings (SSSR count). The van der Waals surface area contributed by atoms with E-state index in [0.29, 0.717) is 5.75 Å². The van der Waals surface area contributed by atoms with Crippen molar-refractivity contribution in [1.82, 2.24) is 4.90 Å². The first kappa shape index (κ1) is 20.7. The van der Waals surface area contributed by atoms with E-state index in [9.17, 15) is 9.59 Å². The van der Waals surface area contributed by atoms with E-state index in [0.717, 1.165) is 26.9 Å². The second-order valence-electron chi connectivity index (χ2n) is 6.23. The number of para-hydroxylation sites is 1. The molecule has 27 heavy (non-hydrogen) atoms. The molecule has 0 aliphatic carbocycles. The number of nitrogens with zero attached hydrogens (tertiary/aromatic N) is 1. The zero-order valence-electron chi connectivity index (χ0n) is 15.9. The highest BCUT2D eigenvalue weighted by atomic mass is 79.9. The van der Waals surface area contributed by atoms with Gasteiger partial charge in [0.1, 0.15) is 5.75 Å². The summed E-state index contributed by atoms with van der Waals surface area (Å²) in [6, 6.07) is 11.3. The van der Waals surface area contributed by atoms with E-state index in [4.69, 9.17) is 4.74 Å². The highest BCUT2D eigenvalue weighted by Gasteiger charge is 2.13. The lowest BCUT2D eigenvalue weighted by Crippen LogP contribution is -2.34. The summed E-state index contributed by atoms with van der Waals surface area (Å²) >= 11 is 3.40. The number of hydrogen-bond donors (Lipinski definition) is 1. The van der Waals surface area contributed by atoms with Crippen LogP contribution in [0, 0.1) is 13.8 Å². The Balaban J connectivity index is 2.01. The van der Waals surface area contributed by atoms with Gasteiger partial charge >= 0.3 is 0 Å². The number of anilines is 1. The molecule has 0 aromatic heterocycles. The minimum Gasteiger partial charge on any atom is -0.496 e. The molecule has 0 unspecified atom stereocenters. The Morgan fingerprint density at radius 2 is 1.85 bits per heavy atom. The molecule has 2 aromatic carbocycles. The first-order valence-corrected chi connectivity index (χ1v) is 9.24. The van der Waals surface area contributed by atoms with Gasteiger partial charge in [-0.05, 0) is 49.2 Å². The Kier molecular flexibility index (Phi) is 7.19. The van der Waals surface area contributed by atoms with Gasteiger partial charge in [0.25, 0.3) is 0 Å². The molecule has 2 aromatic rings. The smallest absolute Gasteiger partial charge is 0.246 e. The van der Waals surface area contributed by atoms with Crippen LogP contribution in [-0.4, -0.2) is 37.4 Å². The van der Waals surface area contributed by atoms with Crippen LogP contribution in [0.3, 0.4) is 0 Å². The predicted molar refractivity (Wildman–Crippen MR) is 112 cm³/mol. The van der Waals surface area contributed by atoms with E-state index in [2.05, 4.69) is 21.2 Å². The highest BCUT2D eigenvalue weighted by Crippen LogP contribution is 2.24. The van der Waals surface area contributed by atoms with Gasteiger partial charge in [0.15, 0.2) is 0 Å². The van der Waals surface area contributed by atoms with E-state index in [1.807, 2.05) is 50.2 Å². The standard InChI is InChI=1S/C21H23BrN2O3/c1-14-6-5-7-15(2)21(14)23-19(25)13-24(3)20(26)11-8-16-12-17(22)9-10-18(16)27-4/h5-12H,13H2,1-4H3,(H,23,25)/b11-8+. The van der Waals surface area contributed by atoms with Crippen LogP contribution >= 0.6 is 15.9 Å². The summed E-state index contributed by atoms with van der Waals surface area (Å²) < 4.78 is 6.17. The minimum atomic E-state index is -0.270. The number of amides is 2. The molecule has 0 saturated heterocycles. The lowest BCUT2D eigenvalue weighted by molar-refractivity contribution is -0.129. The normalized spacial score (nSPS) is 10.7. The quantitative estimate of drug-likeness (QED) is 0.698. The number of hydrogen-bond acceptors (Lipinski definition) is 3. The lowest BCUT2D eigenvalue weighted by Gasteiger charge is -2.17. The van der Waals surface area contributed by atoms with Crippen LogP contribution < -0.4 is 10.1 Å². The maximum Gasteiger partial charge on any atom is 0.246 e. The summed E-state index contributed by atoms with van der Waals surface area (Å²) in [4.78, 5) is 26.0. The molecular formula is C21H23BrN2O3. The fourth-order valence-corrected chi connectivity index (χ4v) is 2.99. The Bertz CT molecular complexity index is 857. The zero-order chi connectivity index (χ0) is 20.0. The lowest BCUT2D eigenvalue weighted by atomic mass is 10.1. The van der Waals surface area contributed by atoms with Crippen molar-refractivity contribution in [2.24, 2.45) is 0 Å². The molecular weight excluding hydrogens is 408 g/mol. The minimum absolute atomic E-state index is 0.0352. The highest BCUT2D eigenvalue weighted by molar-refractivity contribution is 9.10. The van der Waals surface area contributed by atoms with Crippen LogP contribution in [0.1, 0.15) is 16.7 Å². The molecule has 142 valence electrons. The molecule has 0 fully saturated rings. The van der Waals surface area contributed by atoms with Crippen molar-refractivity contribution in [2.75, 3.05) is 26.0 Å². The van der Waals surface area contributed by atoms with E-state index in [1.165, 1.54) is 11.0 Å². The number of halogens is 1. The summed E-state index contributed by atoms with van der Waals surface area (Å²) in [5.41, 5.74) is 3.53. The Morgan fingerprint density at radius 3 is 2.48 bits per heavy atom. The Hall–Kier alpha value is -2.60. The summed E-state index contributed by atoms with van der Waals surface area (Å²) in [7, 11) is 3.17. The number of rotatable bonds is 6. The molecule has 0 saturated carbocycles. The van der Waals surface area contributed by atoms with Crippen LogP contribution in [0.25, 0.3) is 6.08 Å². The van der Waals surface area contributed by atoms with Gasteiger partial charge in [0, 0.05) is 28.8 Å². The van der Waals surface area contributed by atoms with E-state index < -0.39 is 0 Å². The SMILES string of the molecule is COc1ccc(Br)cc1/C=C/C(=O)N(C)CC(=O)Nc1c(C)cccc1C. The third-order valence-corrected chi connectivity index (χ3v) is 4.59. The van der Waals surface area contributed by atoms with Crippen LogP contribution in [0.4, 0.5) is 5.69 Å².